The van der Waals surface area contributed by atoms with Crippen LogP contribution in [0.3, 0.4) is 0 Å². The van der Waals surface area contributed by atoms with Gasteiger partial charge in [-0.1, -0.05) is 12.1 Å². The first-order valence-electron chi connectivity index (χ1n) is 6.51. The number of hydrogen-bond acceptors (Lipinski definition) is 4. The average molecular weight is 282 g/mol. The zero-order valence-electron chi connectivity index (χ0n) is 11.7. The molecule has 0 aliphatic carbocycles. The Kier molecular flexibility index (Phi) is 3.14. The lowest BCUT2D eigenvalue weighted by molar-refractivity contribution is 0.101. The molecule has 0 atom stereocenters. The largest absolute Gasteiger partial charge is 0.508 e. The molecule has 4 nitrogen and oxygen atoms in total. The Bertz CT molecular complexity index is 742. The van der Waals surface area contributed by atoms with Crippen LogP contribution < -0.4 is 9.47 Å². The standard InChI is InChI=1S/C17H14O4/c1-10(11-3-5-12(18)6-4-11)17-16(19)14-8-7-13(20-2)9-15(14)21-17/h3-9,18H,1-2H3/b17-10+. The predicted octanol–water partition coefficient (Wildman–Crippen LogP) is 3.41. The molecule has 106 valence electrons. The highest BCUT2D eigenvalue weighted by atomic mass is 16.5. The number of benzene rings is 2. The van der Waals surface area contributed by atoms with Gasteiger partial charge in [0.2, 0.25) is 5.78 Å². The molecule has 0 unspecified atom stereocenters. The molecule has 0 aromatic heterocycles. The van der Waals surface area contributed by atoms with E-state index in [2.05, 4.69) is 0 Å². The summed E-state index contributed by atoms with van der Waals surface area (Å²) < 4.78 is 10.8. The molecular formula is C17H14O4. The highest BCUT2D eigenvalue weighted by Crippen LogP contribution is 2.37. The maximum Gasteiger partial charge on any atom is 0.232 e. The number of phenols is 1. The fourth-order valence-electron chi connectivity index (χ4n) is 2.27. The molecule has 0 saturated heterocycles. The molecule has 2 aromatic rings. The Morgan fingerprint density at radius 2 is 1.86 bits per heavy atom. The summed E-state index contributed by atoms with van der Waals surface area (Å²) in [5.74, 6) is 1.50. The Balaban J connectivity index is 2.03. The number of methoxy groups -OCH3 is 1. The molecule has 0 radical (unpaired) electrons. The second-order valence-electron chi connectivity index (χ2n) is 4.79. The third-order valence-corrected chi connectivity index (χ3v) is 3.49. The summed E-state index contributed by atoms with van der Waals surface area (Å²) >= 11 is 0. The maximum absolute atomic E-state index is 12.4. The van der Waals surface area contributed by atoms with E-state index in [-0.39, 0.29) is 11.5 Å². The van der Waals surface area contributed by atoms with Crippen molar-refractivity contribution in [3.8, 4) is 17.2 Å². The molecule has 1 N–H and O–H groups in total. The van der Waals surface area contributed by atoms with Gasteiger partial charge in [-0.3, -0.25) is 4.79 Å². The number of ether oxygens (including phenoxy) is 2. The van der Waals surface area contributed by atoms with Crippen LogP contribution >= 0.6 is 0 Å². The molecule has 21 heavy (non-hydrogen) atoms. The minimum Gasteiger partial charge on any atom is -0.508 e. The van der Waals surface area contributed by atoms with Gasteiger partial charge in [0.25, 0.3) is 0 Å². The van der Waals surface area contributed by atoms with E-state index >= 15 is 0 Å². The number of rotatable bonds is 2. The van der Waals surface area contributed by atoms with Crippen LogP contribution in [0.1, 0.15) is 22.8 Å². The van der Waals surface area contributed by atoms with Crippen molar-refractivity contribution in [2.24, 2.45) is 0 Å². The molecule has 4 heteroatoms. The molecule has 0 bridgehead atoms. The van der Waals surface area contributed by atoms with Crippen LogP contribution in [0.4, 0.5) is 0 Å². The Hall–Kier alpha value is -2.75. The summed E-state index contributed by atoms with van der Waals surface area (Å²) in [6.45, 7) is 1.82. The van der Waals surface area contributed by atoms with Gasteiger partial charge in [0.15, 0.2) is 5.76 Å². The van der Waals surface area contributed by atoms with Gasteiger partial charge in [0.05, 0.1) is 12.7 Å². The number of fused-ring (bicyclic) bond motifs is 1. The van der Waals surface area contributed by atoms with Gasteiger partial charge < -0.3 is 14.6 Å². The van der Waals surface area contributed by atoms with Gasteiger partial charge in [-0.2, -0.15) is 0 Å². The van der Waals surface area contributed by atoms with E-state index in [1.54, 1.807) is 49.6 Å². The number of carbonyl (C=O) groups is 1. The highest BCUT2D eigenvalue weighted by molar-refractivity contribution is 6.16. The van der Waals surface area contributed by atoms with E-state index in [4.69, 9.17) is 9.47 Å². The van der Waals surface area contributed by atoms with E-state index in [0.29, 0.717) is 22.8 Å². The molecular weight excluding hydrogens is 268 g/mol. The third kappa shape index (κ3) is 2.25. The van der Waals surface area contributed by atoms with Crippen molar-refractivity contribution in [1.82, 2.24) is 0 Å². The van der Waals surface area contributed by atoms with Gasteiger partial charge in [0.1, 0.15) is 17.2 Å². The molecule has 1 aliphatic rings. The smallest absolute Gasteiger partial charge is 0.232 e. The summed E-state index contributed by atoms with van der Waals surface area (Å²) in [5, 5.41) is 9.33. The molecule has 0 amide bonds. The third-order valence-electron chi connectivity index (χ3n) is 3.49. The van der Waals surface area contributed by atoms with Crippen LogP contribution in [-0.2, 0) is 0 Å². The first-order valence-corrected chi connectivity index (χ1v) is 6.51. The van der Waals surface area contributed by atoms with E-state index in [0.717, 1.165) is 11.1 Å². The Morgan fingerprint density at radius 3 is 2.52 bits per heavy atom. The zero-order valence-corrected chi connectivity index (χ0v) is 11.7. The number of hydrogen-bond donors (Lipinski definition) is 1. The number of aromatic hydroxyl groups is 1. The van der Waals surface area contributed by atoms with Crippen LogP contribution in [0.2, 0.25) is 0 Å². The Labute approximate surface area is 122 Å². The SMILES string of the molecule is COc1ccc2c(c1)O/C(=C(\C)c1ccc(O)cc1)C2=O. The predicted molar refractivity (Wildman–Crippen MR) is 78.7 cm³/mol. The number of Topliss-reactive ketones (excluding diaryl/α,β-unsaturated/α-hetero) is 1. The lowest BCUT2D eigenvalue weighted by atomic mass is 10.0. The second-order valence-corrected chi connectivity index (χ2v) is 4.79. The molecule has 0 fully saturated rings. The monoisotopic (exact) mass is 282 g/mol. The lowest BCUT2D eigenvalue weighted by Crippen LogP contribution is -2.01. The number of carbonyl (C=O) groups excluding carboxylic acids is 1. The van der Waals surface area contributed by atoms with E-state index in [9.17, 15) is 9.90 Å². The van der Waals surface area contributed by atoms with Gasteiger partial charge in [-0.05, 0) is 36.8 Å². The zero-order chi connectivity index (χ0) is 15.0. The van der Waals surface area contributed by atoms with Crippen LogP contribution in [-0.4, -0.2) is 18.0 Å². The summed E-state index contributed by atoms with van der Waals surface area (Å²) in [6.07, 6.45) is 0. The molecule has 1 aliphatic heterocycles. The van der Waals surface area contributed by atoms with Crippen molar-refractivity contribution in [1.29, 1.82) is 0 Å². The van der Waals surface area contributed by atoms with Crippen molar-refractivity contribution in [3.63, 3.8) is 0 Å². The first-order chi connectivity index (χ1) is 10.1. The molecule has 0 spiro atoms. The van der Waals surface area contributed by atoms with Crippen LogP contribution in [0.5, 0.6) is 17.2 Å². The quantitative estimate of drug-likeness (QED) is 0.858. The molecule has 1 heterocycles. The Morgan fingerprint density at radius 1 is 1.14 bits per heavy atom. The van der Waals surface area contributed by atoms with Crippen molar-refractivity contribution >= 4 is 11.4 Å². The minimum atomic E-state index is -0.141. The summed E-state index contributed by atoms with van der Waals surface area (Å²) in [7, 11) is 1.57. The minimum absolute atomic E-state index is 0.141. The molecule has 2 aromatic carbocycles. The summed E-state index contributed by atoms with van der Waals surface area (Å²) in [4.78, 5) is 12.4. The van der Waals surface area contributed by atoms with Crippen molar-refractivity contribution in [2.75, 3.05) is 7.11 Å². The molecule has 0 saturated carbocycles. The summed E-state index contributed by atoms with van der Waals surface area (Å²) in [6, 6.07) is 11.8. The lowest BCUT2D eigenvalue weighted by Gasteiger charge is -2.06. The van der Waals surface area contributed by atoms with E-state index < -0.39 is 0 Å². The van der Waals surface area contributed by atoms with E-state index in [1.807, 2.05) is 6.92 Å². The average Bonchev–Trinajstić information content (AvgIpc) is 2.83. The van der Waals surface area contributed by atoms with Crippen LogP contribution in [0, 0.1) is 0 Å². The highest BCUT2D eigenvalue weighted by Gasteiger charge is 2.29. The fourth-order valence-corrected chi connectivity index (χ4v) is 2.27. The maximum atomic E-state index is 12.4. The van der Waals surface area contributed by atoms with Crippen LogP contribution in [0.15, 0.2) is 48.2 Å². The van der Waals surface area contributed by atoms with Gasteiger partial charge in [0, 0.05) is 11.6 Å². The van der Waals surface area contributed by atoms with Crippen molar-refractivity contribution in [3.05, 3.63) is 59.4 Å². The topological polar surface area (TPSA) is 55.8 Å². The number of ketones is 1. The number of phenolic OH excluding ortho intramolecular Hbond substituents is 1. The first kappa shape index (κ1) is 13.2. The summed E-state index contributed by atoms with van der Waals surface area (Å²) in [5.41, 5.74) is 2.09. The molecule has 3 rings (SSSR count). The van der Waals surface area contributed by atoms with Crippen LogP contribution in [0.25, 0.3) is 5.57 Å². The normalized spacial score (nSPS) is 15.4. The number of allylic oxidation sites excluding steroid dienone is 2. The van der Waals surface area contributed by atoms with Gasteiger partial charge in [-0.25, -0.2) is 0 Å². The van der Waals surface area contributed by atoms with Gasteiger partial charge >= 0.3 is 0 Å². The van der Waals surface area contributed by atoms with E-state index in [1.165, 1.54) is 0 Å². The second kappa shape index (κ2) is 4.98. The van der Waals surface area contributed by atoms with Crippen molar-refractivity contribution < 1.29 is 19.4 Å². The van der Waals surface area contributed by atoms with Gasteiger partial charge in [-0.15, -0.1) is 0 Å². The van der Waals surface area contributed by atoms with Crippen molar-refractivity contribution in [2.45, 2.75) is 6.92 Å². The fraction of sp³-hybridized carbons (Fsp3) is 0.118.